The molecule has 0 rings (SSSR count). The highest BCUT2D eigenvalue weighted by molar-refractivity contribution is 8.14. The molecule has 0 aliphatic heterocycles. The van der Waals surface area contributed by atoms with Crippen LogP contribution in [0.3, 0.4) is 0 Å². The molecule has 15 heavy (non-hydrogen) atoms. The van der Waals surface area contributed by atoms with Crippen molar-refractivity contribution in [1.82, 2.24) is 5.32 Å². The molecule has 0 bridgehead atoms. The van der Waals surface area contributed by atoms with Crippen molar-refractivity contribution >= 4 is 28.8 Å². The van der Waals surface area contributed by atoms with Gasteiger partial charge in [0, 0.05) is 14.0 Å². The van der Waals surface area contributed by atoms with Crippen LogP contribution in [0.25, 0.3) is 0 Å². The number of hydrogen-bond acceptors (Lipinski definition) is 5. The number of aliphatic carboxylic acids is 1. The van der Waals surface area contributed by atoms with Crippen molar-refractivity contribution in [3.05, 3.63) is 0 Å². The van der Waals surface area contributed by atoms with E-state index in [1.54, 1.807) is 0 Å². The molecular formula is C8H13NO5S. The summed E-state index contributed by atoms with van der Waals surface area (Å²) < 4.78 is 4.89. The van der Waals surface area contributed by atoms with Crippen LogP contribution in [-0.2, 0) is 19.1 Å². The van der Waals surface area contributed by atoms with Crippen LogP contribution in [0.15, 0.2) is 0 Å². The maximum Gasteiger partial charge on any atom is 0.311 e. The molecule has 0 aliphatic carbocycles. The smallest absolute Gasteiger partial charge is 0.311 e. The number of carbonyl (C=O) groups excluding carboxylic acids is 2. The quantitative estimate of drug-likeness (QED) is 0.490. The second-order valence-electron chi connectivity index (χ2n) is 2.66. The number of carboxylic acid groups (broad SMARTS) is 1. The van der Waals surface area contributed by atoms with Gasteiger partial charge < -0.3 is 15.2 Å². The van der Waals surface area contributed by atoms with E-state index in [0.29, 0.717) is 0 Å². The predicted molar refractivity (Wildman–Crippen MR) is 54.3 cm³/mol. The van der Waals surface area contributed by atoms with Gasteiger partial charge in [-0.15, -0.1) is 0 Å². The number of carboxylic acids is 1. The van der Waals surface area contributed by atoms with Gasteiger partial charge in [-0.2, -0.15) is 0 Å². The summed E-state index contributed by atoms with van der Waals surface area (Å²) >= 11 is 0.758. The number of amides is 1. The third-order valence-electron chi connectivity index (χ3n) is 1.34. The normalized spacial score (nSPS) is 11.9. The lowest BCUT2D eigenvalue weighted by Gasteiger charge is -2.13. The second-order valence-corrected chi connectivity index (χ2v) is 3.88. The molecule has 0 aromatic heterocycles. The van der Waals surface area contributed by atoms with Gasteiger partial charge in [0.2, 0.25) is 11.0 Å². The Hall–Kier alpha value is -1.08. The van der Waals surface area contributed by atoms with Crippen molar-refractivity contribution in [3.63, 3.8) is 0 Å². The highest BCUT2D eigenvalue weighted by Gasteiger charge is 2.16. The molecule has 6 nitrogen and oxygen atoms in total. The van der Waals surface area contributed by atoms with Gasteiger partial charge in [0.15, 0.2) is 0 Å². The fraction of sp³-hybridized carbons (Fsp3) is 0.625. The first-order valence-corrected chi connectivity index (χ1v) is 5.02. The fourth-order valence-electron chi connectivity index (χ4n) is 0.712. The molecular weight excluding hydrogens is 222 g/mol. The first-order valence-electron chi connectivity index (χ1n) is 4.14. The Labute approximate surface area is 91.4 Å². The van der Waals surface area contributed by atoms with Gasteiger partial charge in [0.25, 0.3) is 0 Å². The molecule has 0 saturated heterocycles. The first kappa shape index (κ1) is 13.9. The van der Waals surface area contributed by atoms with E-state index in [1.807, 2.05) is 0 Å². The summed E-state index contributed by atoms with van der Waals surface area (Å²) in [6.07, 6.45) is -0.551. The number of ether oxygens (including phenoxy) is 1. The largest absolute Gasteiger partial charge is 0.481 e. The molecule has 0 aromatic carbocycles. The SMILES string of the molecule is COC(CNC(C)=O)SC(=O)CC(=O)O. The van der Waals surface area contributed by atoms with Crippen LogP contribution in [0.1, 0.15) is 13.3 Å². The molecule has 0 heterocycles. The van der Waals surface area contributed by atoms with Crippen LogP contribution in [0, 0.1) is 0 Å². The molecule has 0 aromatic rings. The molecule has 0 radical (unpaired) electrons. The van der Waals surface area contributed by atoms with Crippen LogP contribution in [-0.4, -0.2) is 41.2 Å². The highest BCUT2D eigenvalue weighted by atomic mass is 32.2. The summed E-state index contributed by atoms with van der Waals surface area (Å²) in [7, 11) is 1.38. The highest BCUT2D eigenvalue weighted by Crippen LogP contribution is 2.13. The Morgan fingerprint density at radius 2 is 2.07 bits per heavy atom. The van der Waals surface area contributed by atoms with Crippen LogP contribution >= 0.6 is 11.8 Å². The molecule has 7 heteroatoms. The first-order chi connectivity index (χ1) is 6.95. The topological polar surface area (TPSA) is 92.7 Å². The second kappa shape index (κ2) is 7.24. The molecule has 0 saturated carbocycles. The number of hydrogen-bond donors (Lipinski definition) is 2. The van der Waals surface area contributed by atoms with Gasteiger partial charge in [-0.3, -0.25) is 14.4 Å². The summed E-state index contributed by atoms with van der Waals surface area (Å²) in [5.74, 6) is -1.41. The minimum absolute atomic E-state index is 0.169. The van der Waals surface area contributed by atoms with E-state index in [1.165, 1.54) is 14.0 Å². The third-order valence-corrected chi connectivity index (χ3v) is 2.37. The van der Waals surface area contributed by atoms with Crippen LogP contribution in [0.4, 0.5) is 0 Å². The molecule has 2 N–H and O–H groups in total. The number of thioether (sulfide) groups is 1. The van der Waals surface area contributed by atoms with Gasteiger partial charge in [0.1, 0.15) is 11.9 Å². The van der Waals surface area contributed by atoms with Crippen molar-refractivity contribution in [1.29, 1.82) is 0 Å². The van der Waals surface area contributed by atoms with Crippen LogP contribution < -0.4 is 5.32 Å². The van der Waals surface area contributed by atoms with E-state index in [-0.39, 0.29) is 12.5 Å². The lowest BCUT2D eigenvalue weighted by molar-refractivity contribution is -0.138. The van der Waals surface area contributed by atoms with Gasteiger partial charge in [-0.1, -0.05) is 11.8 Å². The van der Waals surface area contributed by atoms with E-state index in [4.69, 9.17) is 9.84 Å². The third kappa shape index (κ3) is 7.95. The fourth-order valence-corrected chi connectivity index (χ4v) is 1.47. The maximum absolute atomic E-state index is 11.1. The van der Waals surface area contributed by atoms with E-state index < -0.39 is 22.9 Å². The van der Waals surface area contributed by atoms with Crippen LogP contribution in [0.2, 0.25) is 0 Å². The van der Waals surface area contributed by atoms with Gasteiger partial charge in [-0.05, 0) is 0 Å². The Kier molecular flexibility index (Phi) is 6.72. The Morgan fingerprint density at radius 1 is 1.47 bits per heavy atom. The van der Waals surface area contributed by atoms with Crippen molar-refractivity contribution in [3.8, 4) is 0 Å². The summed E-state index contributed by atoms with van der Waals surface area (Å²) in [6, 6.07) is 0. The van der Waals surface area contributed by atoms with Crippen molar-refractivity contribution in [2.24, 2.45) is 0 Å². The Bertz CT molecular complexity index is 255. The molecule has 0 fully saturated rings. The Balaban J connectivity index is 3.92. The molecule has 86 valence electrons. The lowest BCUT2D eigenvalue weighted by atomic mass is 10.5. The van der Waals surface area contributed by atoms with Gasteiger partial charge in [-0.25, -0.2) is 0 Å². The zero-order chi connectivity index (χ0) is 11.8. The molecule has 0 aliphatic rings. The van der Waals surface area contributed by atoms with E-state index in [0.717, 1.165) is 11.8 Å². The molecule has 1 unspecified atom stereocenters. The number of rotatable bonds is 6. The monoisotopic (exact) mass is 235 g/mol. The Morgan fingerprint density at radius 3 is 2.47 bits per heavy atom. The van der Waals surface area contributed by atoms with Gasteiger partial charge in [0.05, 0.1) is 6.54 Å². The lowest BCUT2D eigenvalue weighted by Crippen LogP contribution is -2.30. The maximum atomic E-state index is 11.1. The standard InChI is InChI=1S/C8H13NO5S/c1-5(10)9-4-8(14-2)15-7(13)3-6(11)12/h8H,3-4H2,1-2H3,(H,9,10)(H,11,12). The van der Waals surface area contributed by atoms with Gasteiger partial charge >= 0.3 is 5.97 Å². The zero-order valence-electron chi connectivity index (χ0n) is 8.48. The summed E-state index contributed by atoms with van der Waals surface area (Å²) in [5.41, 5.74) is -0.555. The number of carbonyl (C=O) groups is 3. The average Bonchev–Trinajstić information content (AvgIpc) is 2.10. The van der Waals surface area contributed by atoms with Crippen molar-refractivity contribution in [2.75, 3.05) is 13.7 Å². The minimum Gasteiger partial charge on any atom is -0.481 e. The summed E-state index contributed by atoms with van der Waals surface area (Å²) in [4.78, 5) is 31.8. The van der Waals surface area contributed by atoms with E-state index in [2.05, 4.69) is 5.32 Å². The van der Waals surface area contributed by atoms with E-state index in [9.17, 15) is 14.4 Å². The van der Waals surface area contributed by atoms with Crippen LogP contribution in [0.5, 0.6) is 0 Å². The molecule has 1 amide bonds. The number of nitrogens with one attached hydrogen (secondary N) is 1. The summed E-state index contributed by atoms with van der Waals surface area (Å²) in [5, 5.41) is 10.3. The number of methoxy groups -OCH3 is 1. The molecule has 1 atom stereocenters. The van der Waals surface area contributed by atoms with Crippen molar-refractivity contribution in [2.45, 2.75) is 18.8 Å². The van der Waals surface area contributed by atoms with Crippen molar-refractivity contribution < 1.29 is 24.2 Å². The predicted octanol–water partition coefficient (Wildman–Crippen LogP) is -0.170. The summed E-state index contributed by atoms with van der Waals surface area (Å²) in [6.45, 7) is 1.51. The van der Waals surface area contributed by atoms with E-state index >= 15 is 0 Å². The minimum atomic E-state index is -1.18. The zero-order valence-corrected chi connectivity index (χ0v) is 9.30. The molecule has 0 spiro atoms. The average molecular weight is 235 g/mol.